The Hall–Kier alpha value is -1.25. The van der Waals surface area contributed by atoms with Gasteiger partial charge in [0.1, 0.15) is 11.9 Å². The van der Waals surface area contributed by atoms with Gasteiger partial charge < -0.3 is 20.4 Å². The molecular formula is C10H21Cl2N3O5. The van der Waals surface area contributed by atoms with Crippen LogP contribution >= 0.6 is 24.8 Å². The predicted octanol–water partition coefficient (Wildman–Crippen LogP) is 1.12. The highest BCUT2D eigenvalue weighted by atomic mass is 35.5. The van der Waals surface area contributed by atoms with Crippen LogP contribution in [-0.2, 0) is 14.4 Å². The summed E-state index contributed by atoms with van der Waals surface area (Å²) in [5.74, 6) is -0.564. The van der Waals surface area contributed by atoms with Crippen LogP contribution in [0.15, 0.2) is 4.99 Å². The molecule has 10 heteroatoms. The van der Waals surface area contributed by atoms with Gasteiger partial charge in [0.25, 0.3) is 0 Å². The van der Waals surface area contributed by atoms with E-state index in [0.29, 0.717) is 31.6 Å². The molecule has 0 aliphatic rings. The van der Waals surface area contributed by atoms with Gasteiger partial charge in [0.2, 0.25) is 0 Å². The first kappa shape index (κ1) is 23.8. The highest BCUT2D eigenvalue weighted by Gasteiger charge is 2.09. The Kier molecular flexibility index (Phi) is 16.9. The van der Waals surface area contributed by atoms with Crippen molar-refractivity contribution in [2.75, 3.05) is 13.7 Å². The SMILES string of the molecule is COC(=O)ONC(C)=NCCCC[C@H](N)C(=O)O.Cl.Cl. The lowest BCUT2D eigenvalue weighted by Crippen LogP contribution is -2.29. The first-order valence-corrected chi connectivity index (χ1v) is 5.47. The number of hydroxylamine groups is 1. The van der Waals surface area contributed by atoms with Crippen LogP contribution < -0.4 is 11.2 Å². The van der Waals surface area contributed by atoms with Crippen LogP contribution in [0.5, 0.6) is 0 Å². The van der Waals surface area contributed by atoms with Crippen molar-refractivity contribution in [1.29, 1.82) is 0 Å². The first-order valence-electron chi connectivity index (χ1n) is 5.47. The number of hydrogen-bond acceptors (Lipinski definition) is 6. The highest BCUT2D eigenvalue weighted by Crippen LogP contribution is 1.99. The zero-order valence-electron chi connectivity index (χ0n) is 11.3. The first-order chi connectivity index (χ1) is 8.47. The number of carbonyl (C=O) groups excluding carboxylic acids is 1. The largest absolute Gasteiger partial charge is 0.532 e. The van der Waals surface area contributed by atoms with E-state index in [0.717, 1.165) is 0 Å². The zero-order chi connectivity index (χ0) is 14.0. The van der Waals surface area contributed by atoms with Crippen LogP contribution in [-0.4, -0.2) is 42.8 Å². The summed E-state index contributed by atoms with van der Waals surface area (Å²) >= 11 is 0. The highest BCUT2D eigenvalue weighted by molar-refractivity contribution is 5.85. The number of nitrogens with zero attached hydrogens (tertiary/aromatic N) is 1. The number of carboxylic acids is 1. The summed E-state index contributed by atoms with van der Waals surface area (Å²) in [5.41, 5.74) is 7.64. The van der Waals surface area contributed by atoms with E-state index in [9.17, 15) is 9.59 Å². The third-order valence-corrected chi connectivity index (χ3v) is 2.04. The third-order valence-electron chi connectivity index (χ3n) is 2.04. The lowest BCUT2D eigenvalue weighted by Gasteiger charge is -2.06. The van der Waals surface area contributed by atoms with Crippen LogP contribution in [0, 0.1) is 0 Å². The van der Waals surface area contributed by atoms with E-state index in [2.05, 4.69) is 20.0 Å². The van der Waals surface area contributed by atoms with Gasteiger partial charge in [-0.2, -0.15) is 0 Å². The van der Waals surface area contributed by atoms with Gasteiger partial charge in [-0.1, -0.05) is 0 Å². The minimum Gasteiger partial charge on any atom is -0.480 e. The number of aliphatic carboxylic acids is 1. The molecular weight excluding hydrogens is 313 g/mol. The second-order valence-corrected chi connectivity index (χ2v) is 3.57. The molecule has 0 unspecified atom stereocenters. The second-order valence-electron chi connectivity index (χ2n) is 3.57. The van der Waals surface area contributed by atoms with Gasteiger partial charge in [0.05, 0.1) is 7.11 Å². The van der Waals surface area contributed by atoms with Crippen LogP contribution in [0.25, 0.3) is 0 Å². The Balaban J connectivity index is -0.00000144. The quantitative estimate of drug-likeness (QED) is 0.219. The Morgan fingerprint density at radius 1 is 1.35 bits per heavy atom. The number of rotatable bonds is 6. The van der Waals surface area contributed by atoms with E-state index >= 15 is 0 Å². The van der Waals surface area contributed by atoms with E-state index in [1.807, 2.05) is 0 Å². The molecule has 0 aromatic heterocycles. The molecule has 0 fully saturated rings. The Morgan fingerprint density at radius 3 is 2.45 bits per heavy atom. The number of nitrogens with one attached hydrogen (secondary N) is 1. The van der Waals surface area contributed by atoms with Crippen LogP contribution in [0.4, 0.5) is 4.79 Å². The van der Waals surface area contributed by atoms with Gasteiger partial charge >= 0.3 is 12.1 Å². The van der Waals surface area contributed by atoms with Gasteiger partial charge in [0, 0.05) is 6.54 Å². The molecule has 0 heterocycles. The Bertz CT molecular complexity index is 315. The van der Waals surface area contributed by atoms with Gasteiger partial charge in [-0.05, 0) is 26.2 Å². The van der Waals surface area contributed by atoms with Crippen molar-refractivity contribution in [2.24, 2.45) is 10.7 Å². The fourth-order valence-corrected chi connectivity index (χ4v) is 1.04. The number of hydrogen-bond donors (Lipinski definition) is 3. The molecule has 8 nitrogen and oxygen atoms in total. The standard InChI is InChI=1S/C10H19N3O5.2ClH/c1-7(13-18-10(16)17-2)12-6-4-3-5-8(11)9(14)15;;/h8H,3-6,11H2,1-2H3,(H,12,13)(H,14,15);2*1H/t8-;;/m0../s1. The maximum absolute atomic E-state index is 10.6. The van der Waals surface area contributed by atoms with E-state index in [-0.39, 0.29) is 24.8 Å². The van der Waals surface area contributed by atoms with Crippen molar-refractivity contribution in [1.82, 2.24) is 5.48 Å². The van der Waals surface area contributed by atoms with Crippen LogP contribution in [0.2, 0.25) is 0 Å². The Labute approximate surface area is 129 Å². The van der Waals surface area contributed by atoms with Crippen molar-refractivity contribution < 1.29 is 24.3 Å². The molecule has 4 N–H and O–H groups in total. The molecule has 0 rings (SSSR count). The number of halogens is 2. The molecule has 0 aliphatic heterocycles. The molecule has 0 aromatic rings. The number of ether oxygens (including phenoxy) is 1. The number of carbonyl (C=O) groups is 2. The molecule has 0 saturated heterocycles. The van der Waals surface area contributed by atoms with Crippen LogP contribution in [0.3, 0.4) is 0 Å². The van der Waals surface area contributed by atoms with Crippen molar-refractivity contribution in [3.8, 4) is 0 Å². The summed E-state index contributed by atoms with van der Waals surface area (Å²) in [6.45, 7) is 2.13. The fourth-order valence-electron chi connectivity index (χ4n) is 1.04. The monoisotopic (exact) mass is 333 g/mol. The Morgan fingerprint density at radius 2 is 1.95 bits per heavy atom. The van der Waals surface area contributed by atoms with E-state index in [4.69, 9.17) is 10.8 Å². The molecule has 0 spiro atoms. The minimum atomic E-state index is -0.997. The van der Waals surface area contributed by atoms with Crippen molar-refractivity contribution >= 4 is 42.8 Å². The van der Waals surface area contributed by atoms with E-state index < -0.39 is 18.2 Å². The van der Waals surface area contributed by atoms with Gasteiger partial charge in [-0.25, -0.2) is 10.3 Å². The number of unbranched alkanes of at least 4 members (excludes halogenated alkanes) is 1. The summed E-state index contributed by atoms with van der Waals surface area (Å²) < 4.78 is 4.24. The normalized spacial score (nSPS) is 11.4. The fraction of sp³-hybridized carbons (Fsp3) is 0.700. The molecule has 0 saturated carbocycles. The number of methoxy groups -OCH3 is 1. The van der Waals surface area contributed by atoms with Crippen molar-refractivity contribution in [3.05, 3.63) is 0 Å². The molecule has 0 amide bonds. The smallest absolute Gasteiger partial charge is 0.480 e. The average Bonchev–Trinajstić information content (AvgIpc) is 2.34. The molecule has 20 heavy (non-hydrogen) atoms. The van der Waals surface area contributed by atoms with Crippen molar-refractivity contribution in [2.45, 2.75) is 32.2 Å². The summed E-state index contributed by atoms with van der Waals surface area (Å²) in [4.78, 5) is 29.5. The third kappa shape index (κ3) is 13.2. The topological polar surface area (TPSA) is 123 Å². The zero-order valence-corrected chi connectivity index (χ0v) is 13.0. The summed E-state index contributed by atoms with van der Waals surface area (Å²) in [7, 11) is 1.20. The number of aliphatic imine (C=N–C) groups is 1. The second kappa shape index (κ2) is 14.2. The molecule has 0 aliphatic carbocycles. The number of carboxylic acid groups (broad SMARTS) is 1. The molecule has 0 bridgehead atoms. The minimum absolute atomic E-state index is 0. The van der Waals surface area contributed by atoms with Crippen molar-refractivity contribution in [3.63, 3.8) is 0 Å². The molecule has 0 aromatic carbocycles. The lowest BCUT2D eigenvalue weighted by molar-refractivity contribution is -0.138. The molecule has 0 radical (unpaired) electrons. The molecule has 1 atom stereocenters. The summed E-state index contributed by atoms with van der Waals surface area (Å²) in [6, 6.07) is -0.823. The van der Waals surface area contributed by atoms with E-state index in [1.54, 1.807) is 6.92 Å². The van der Waals surface area contributed by atoms with E-state index in [1.165, 1.54) is 7.11 Å². The molecule has 120 valence electrons. The predicted molar refractivity (Wildman–Crippen MR) is 78.6 cm³/mol. The number of amidine groups is 1. The summed E-state index contributed by atoms with van der Waals surface area (Å²) in [6.07, 6.45) is 0.938. The maximum atomic E-state index is 10.6. The van der Waals surface area contributed by atoms with Gasteiger partial charge in [0.15, 0.2) is 0 Å². The summed E-state index contributed by atoms with van der Waals surface area (Å²) in [5, 5.41) is 8.55. The maximum Gasteiger partial charge on any atom is 0.532 e. The van der Waals surface area contributed by atoms with Crippen LogP contribution in [0.1, 0.15) is 26.2 Å². The number of nitrogens with two attached hydrogens (primary N) is 1. The lowest BCUT2D eigenvalue weighted by atomic mass is 10.1. The van der Waals surface area contributed by atoms with Gasteiger partial charge in [-0.3, -0.25) is 9.79 Å². The average molecular weight is 334 g/mol. The van der Waals surface area contributed by atoms with Gasteiger partial charge in [-0.15, -0.1) is 24.8 Å².